The monoisotopic (exact) mass is 319 g/mol. The normalized spacial score (nSPS) is 12.8. The highest BCUT2D eigenvalue weighted by Gasteiger charge is 2.18. The van der Waals surface area contributed by atoms with Crippen molar-refractivity contribution in [1.82, 2.24) is 0 Å². The maximum absolute atomic E-state index is 11.9. The highest BCUT2D eigenvalue weighted by molar-refractivity contribution is 8.13. The summed E-state index contributed by atoms with van der Waals surface area (Å²) in [5.74, 6) is -0.126. The number of nitrogens with one attached hydrogen (secondary N) is 1. The van der Waals surface area contributed by atoms with Crippen LogP contribution >= 0.6 is 10.7 Å². The number of benzene rings is 1. The minimum absolute atomic E-state index is 0.0981. The molecule has 112 valence electrons. The van der Waals surface area contributed by atoms with E-state index < -0.39 is 9.05 Å². The zero-order chi connectivity index (χ0) is 15.3. The van der Waals surface area contributed by atoms with E-state index in [-0.39, 0.29) is 22.5 Å². The van der Waals surface area contributed by atoms with Gasteiger partial charge in [0, 0.05) is 28.4 Å². The number of methoxy groups -OCH3 is 1. The van der Waals surface area contributed by atoms with Crippen molar-refractivity contribution < 1.29 is 17.9 Å². The van der Waals surface area contributed by atoms with Crippen LogP contribution in [0, 0.1) is 5.92 Å². The molecule has 1 unspecified atom stereocenters. The van der Waals surface area contributed by atoms with Crippen LogP contribution in [0.3, 0.4) is 0 Å². The van der Waals surface area contributed by atoms with Crippen molar-refractivity contribution in [3.05, 3.63) is 18.2 Å². The Labute approximate surface area is 123 Å². The first kappa shape index (κ1) is 16.8. The van der Waals surface area contributed by atoms with Gasteiger partial charge in [-0.25, -0.2) is 8.42 Å². The zero-order valence-corrected chi connectivity index (χ0v) is 13.2. The predicted octanol–water partition coefficient (Wildman–Crippen LogP) is 3.00. The molecule has 0 saturated heterocycles. The number of amides is 1. The lowest BCUT2D eigenvalue weighted by molar-refractivity contribution is -0.119. The fourth-order valence-corrected chi connectivity index (χ4v) is 2.77. The first-order valence-corrected chi connectivity index (χ1v) is 8.54. The summed E-state index contributed by atoms with van der Waals surface area (Å²) >= 11 is 0. The second-order valence-electron chi connectivity index (χ2n) is 4.48. The van der Waals surface area contributed by atoms with Gasteiger partial charge in [0.05, 0.1) is 7.11 Å². The average Bonchev–Trinajstić information content (AvgIpc) is 2.37. The van der Waals surface area contributed by atoms with Crippen molar-refractivity contribution in [2.24, 2.45) is 5.92 Å². The highest BCUT2D eigenvalue weighted by Crippen LogP contribution is 2.29. The fraction of sp³-hybridized carbons (Fsp3) is 0.462. The van der Waals surface area contributed by atoms with E-state index in [9.17, 15) is 13.2 Å². The van der Waals surface area contributed by atoms with Gasteiger partial charge in [0.25, 0.3) is 9.05 Å². The van der Waals surface area contributed by atoms with Crippen LogP contribution < -0.4 is 10.1 Å². The van der Waals surface area contributed by atoms with Gasteiger partial charge < -0.3 is 10.1 Å². The van der Waals surface area contributed by atoms with Crippen LogP contribution in [0.4, 0.5) is 5.69 Å². The molecule has 0 aliphatic rings. The van der Waals surface area contributed by atoms with Crippen LogP contribution in [-0.2, 0) is 13.8 Å². The Hall–Kier alpha value is -1.27. The Kier molecular flexibility index (Phi) is 5.83. The van der Waals surface area contributed by atoms with E-state index in [0.29, 0.717) is 5.69 Å². The van der Waals surface area contributed by atoms with E-state index in [1.54, 1.807) is 0 Å². The van der Waals surface area contributed by atoms with Crippen molar-refractivity contribution in [1.29, 1.82) is 0 Å². The lowest BCUT2D eigenvalue weighted by Crippen LogP contribution is -2.20. The van der Waals surface area contributed by atoms with Gasteiger partial charge in [-0.05, 0) is 18.6 Å². The number of carbonyl (C=O) groups excluding carboxylic acids is 1. The molecule has 0 spiro atoms. The molecule has 1 amide bonds. The Morgan fingerprint density at radius 2 is 2.10 bits per heavy atom. The number of rotatable bonds is 6. The van der Waals surface area contributed by atoms with E-state index in [2.05, 4.69) is 5.32 Å². The summed E-state index contributed by atoms with van der Waals surface area (Å²) in [5.41, 5.74) is 0.471. The van der Waals surface area contributed by atoms with Gasteiger partial charge in [-0.3, -0.25) is 4.79 Å². The number of hydrogen-bond donors (Lipinski definition) is 1. The first-order valence-electron chi connectivity index (χ1n) is 6.23. The molecular formula is C13H18ClNO4S. The van der Waals surface area contributed by atoms with Crippen LogP contribution in [0.1, 0.15) is 26.7 Å². The quantitative estimate of drug-likeness (QED) is 0.818. The number of halogens is 1. The van der Waals surface area contributed by atoms with E-state index in [0.717, 1.165) is 12.8 Å². The molecule has 5 nitrogen and oxygen atoms in total. The average molecular weight is 320 g/mol. The topological polar surface area (TPSA) is 72.5 Å². The molecule has 1 aromatic rings. The number of hydrogen-bond acceptors (Lipinski definition) is 4. The summed E-state index contributed by atoms with van der Waals surface area (Å²) in [6.45, 7) is 3.85. The van der Waals surface area contributed by atoms with Gasteiger partial charge in [-0.1, -0.05) is 20.3 Å². The minimum Gasteiger partial charge on any atom is -0.495 e. The Bertz CT molecular complexity index is 586. The number of anilines is 1. The zero-order valence-electron chi connectivity index (χ0n) is 11.6. The van der Waals surface area contributed by atoms with Crippen molar-refractivity contribution >= 4 is 31.3 Å². The lowest BCUT2D eigenvalue weighted by Gasteiger charge is -2.13. The molecular weight excluding hydrogens is 302 g/mol. The second-order valence-corrected chi connectivity index (χ2v) is 7.02. The molecule has 1 N–H and O–H groups in total. The molecule has 1 aromatic carbocycles. The van der Waals surface area contributed by atoms with Crippen molar-refractivity contribution in [3.63, 3.8) is 0 Å². The SMILES string of the molecule is CCCC(C)C(=O)Nc1ccc(S(=O)(=O)Cl)c(OC)c1. The van der Waals surface area contributed by atoms with Crippen LogP contribution in [0.25, 0.3) is 0 Å². The largest absolute Gasteiger partial charge is 0.495 e. The molecule has 0 heterocycles. The van der Waals surface area contributed by atoms with Gasteiger partial charge in [-0.2, -0.15) is 0 Å². The summed E-state index contributed by atoms with van der Waals surface area (Å²) in [7, 11) is 2.76. The predicted molar refractivity (Wildman–Crippen MR) is 78.7 cm³/mol. The second kappa shape index (κ2) is 6.95. The summed E-state index contributed by atoms with van der Waals surface area (Å²) in [6, 6.07) is 4.22. The van der Waals surface area contributed by atoms with Crippen molar-refractivity contribution in [2.45, 2.75) is 31.6 Å². The standard InChI is InChI=1S/C13H18ClNO4S/c1-4-5-9(2)13(16)15-10-6-7-12(20(14,17)18)11(8-10)19-3/h6-9H,4-5H2,1-3H3,(H,15,16). The van der Waals surface area contributed by atoms with Gasteiger partial charge in [-0.15, -0.1) is 0 Å². The first-order chi connectivity index (χ1) is 9.29. The number of carbonyl (C=O) groups is 1. The summed E-state index contributed by atoms with van der Waals surface area (Å²) in [4.78, 5) is 11.8. The Morgan fingerprint density at radius 3 is 2.60 bits per heavy atom. The van der Waals surface area contributed by atoms with Crippen LogP contribution in [0.2, 0.25) is 0 Å². The van der Waals surface area contributed by atoms with Crippen molar-refractivity contribution in [3.8, 4) is 5.75 Å². The molecule has 0 radical (unpaired) electrons. The van der Waals surface area contributed by atoms with Crippen LogP contribution in [-0.4, -0.2) is 21.4 Å². The molecule has 20 heavy (non-hydrogen) atoms. The van der Waals surface area contributed by atoms with Gasteiger partial charge in [0.1, 0.15) is 10.6 Å². The molecule has 0 aliphatic heterocycles. The third-order valence-electron chi connectivity index (χ3n) is 2.86. The van der Waals surface area contributed by atoms with Crippen LogP contribution in [0.15, 0.2) is 23.1 Å². The Morgan fingerprint density at radius 1 is 1.45 bits per heavy atom. The fourth-order valence-electron chi connectivity index (χ4n) is 1.78. The third-order valence-corrected chi connectivity index (χ3v) is 4.22. The number of ether oxygens (including phenoxy) is 1. The van der Waals surface area contributed by atoms with E-state index >= 15 is 0 Å². The third kappa shape index (κ3) is 4.38. The van der Waals surface area contributed by atoms with E-state index in [1.165, 1.54) is 25.3 Å². The van der Waals surface area contributed by atoms with Crippen LogP contribution in [0.5, 0.6) is 5.75 Å². The van der Waals surface area contributed by atoms with Gasteiger partial charge in [0.2, 0.25) is 5.91 Å². The van der Waals surface area contributed by atoms with Crippen molar-refractivity contribution in [2.75, 3.05) is 12.4 Å². The molecule has 0 aliphatic carbocycles. The molecule has 7 heteroatoms. The smallest absolute Gasteiger partial charge is 0.264 e. The molecule has 0 aromatic heterocycles. The maximum atomic E-state index is 11.9. The highest BCUT2D eigenvalue weighted by atomic mass is 35.7. The van der Waals surface area contributed by atoms with Gasteiger partial charge >= 0.3 is 0 Å². The Balaban J connectivity index is 2.97. The maximum Gasteiger partial charge on any atom is 0.264 e. The lowest BCUT2D eigenvalue weighted by atomic mass is 10.1. The summed E-state index contributed by atoms with van der Waals surface area (Å²) in [5, 5.41) is 2.72. The summed E-state index contributed by atoms with van der Waals surface area (Å²) in [6.07, 6.45) is 1.71. The molecule has 1 rings (SSSR count). The van der Waals surface area contributed by atoms with Gasteiger partial charge in [0.15, 0.2) is 0 Å². The minimum atomic E-state index is -3.88. The molecule has 0 bridgehead atoms. The molecule has 0 fully saturated rings. The van der Waals surface area contributed by atoms with E-state index in [4.69, 9.17) is 15.4 Å². The molecule has 1 atom stereocenters. The summed E-state index contributed by atoms with van der Waals surface area (Å²) < 4.78 is 27.7. The molecule has 0 saturated carbocycles. The van der Waals surface area contributed by atoms with E-state index in [1.807, 2.05) is 13.8 Å².